The Morgan fingerprint density at radius 2 is 1.87 bits per heavy atom. The summed E-state index contributed by atoms with van der Waals surface area (Å²) in [4.78, 5) is 0. The maximum atomic E-state index is 9.77. The van der Waals surface area contributed by atoms with E-state index in [1.165, 1.54) is 11.1 Å². The first kappa shape index (κ1) is 12.2. The van der Waals surface area contributed by atoms with Gasteiger partial charge in [0.1, 0.15) is 0 Å². The summed E-state index contributed by atoms with van der Waals surface area (Å²) in [6.07, 6.45) is 0.666. The van der Waals surface area contributed by atoms with E-state index in [0.717, 1.165) is 6.42 Å². The van der Waals surface area contributed by atoms with Crippen LogP contribution >= 0.6 is 0 Å². The average Bonchev–Trinajstić information content (AvgIpc) is 2.22. The highest BCUT2D eigenvalue weighted by atomic mass is 16.3. The summed E-state index contributed by atoms with van der Waals surface area (Å²) < 4.78 is 0. The summed E-state index contributed by atoms with van der Waals surface area (Å²) in [6.45, 7) is 4.83. The SMILES string of the molecule is CNCC(O)C(C)Cc1ccc(C)cc1. The van der Waals surface area contributed by atoms with E-state index < -0.39 is 0 Å². The minimum Gasteiger partial charge on any atom is -0.392 e. The van der Waals surface area contributed by atoms with Crippen LogP contribution in [-0.2, 0) is 6.42 Å². The first-order chi connectivity index (χ1) is 7.13. The Labute approximate surface area is 92.3 Å². The minimum atomic E-state index is -0.267. The summed E-state index contributed by atoms with van der Waals surface area (Å²) in [6, 6.07) is 8.51. The molecule has 84 valence electrons. The van der Waals surface area contributed by atoms with Gasteiger partial charge >= 0.3 is 0 Å². The maximum Gasteiger partial charge on any atom is 0.0693 e. The standard InChI is InChI=1S/C13H21NO/c1-10-4-6-12(7-5-10)8-11(2)13(15)9-14-3/h4-7,11,13-15H,8-9H2,1-3H3. The second-order valence-electron chi connectivity index (χ2n) is 4.29. The van der Waals surface area contributed by atoms with Crippen molar-refractivity contribution in [3.8, 4) is 0 Å². The zero-order valence-corrected chi connectivity index (χ0v) is 9.83. The molecule has 0 aliphatic rings. The van der Waals surface area contributed by atoms with Gasteiger partial charge in [-0.2, -0.15) is 0 Å². The van der Waals surface area contributed by atoms with E-state index >= 15 is 0 Å². The molecular weight excluding hydrogens is 186 g/mol. The number of nitrogens with one attached hydrogen (secondary N) is 1. The predicted octanol–water partition coefficient (Wildman–Crippen LogP) is 1.75. The van der Waals surface area contributed by atoms with Gasteiger partial charge in [0, 0.05) is 6.54 Å². The van der Waals surface area contributed by atoms with Crippen LogP contribution in [0.3, 0.4) is 0 Å². The smallest absolute Gasteiger partial charge is 0.0693 e. The van der Waals surface area contributed by atoms with Crippen molar-refractivity contribution < 1.29 is 5.11 Å². The van der Waals surface area contributed by atoms with Crippen molar-refractivity contribution in [1.82, 2.24) is 5.32 Å². The normalized spacial score (nSPS) is 14.9. The fraction of sp³-hybridized carbons (Fsp3) is 0.538. The molecule has 1 rings (SSSR count). The number of hydrogen-bond donors (Lipinski definition) is 2. The van der Waals surface area contributed by atoms with Gasteiger partial charge in [-0.05, 0) is 31.9 Å². The van der Waals surface area contributed by atoms with Crippen LogP contribution in [0.1, 0.15) is 18.1 Å². The van der Waals surface area contributed by atoms with Crippen LogP contribution in [0.25, 0.3) is 0 Å². The molecule has 0 heterocycles. The monoisotopic (exact) mass is 207 g/mol. The lowest BCUT2D eigenvalue weighted by atomic mass is 9.95. The van der Waals surface area contributed by atoms with E-state index in [1.54, 1.807) is 0 Å². The number of aliphatic hydroxyl groups is 1. The van der Waals surface area contributed by atoms with Crippen LogP contribution in [0.15, 0.2) is 24.3 Å². The lowest BCUT2D eigenvalue weighted by Gasteiger charge is -2.18. The molecule has 0 fully saturated rings. The Kier molecular flexibility index (Phi) is 4.79. The molecule has 0 saturated heterocycles. The van der Waals surface area contributed by atoms with E-state index in [-0.39, 0.29) is 6.10 Å². The number of aryl methyl sites for hydroxylation is 1. The largest absolute Gasteiger partial charge is 0.392 e. The number of hydrogen-bond acceptors (Lipinski definition) is 2. The van der Waals surface area contributed by atoms with E-state index in [4.69, 9.17) is 0 Å². The topological polar surface area (TPSA) is 32.3 Å². The fourth-order valence-electron chi connectivity index (χ4n) is 1.64. The van der Waals surface area contributed by atoms with E-state index in [0.29, 0.717) is 12.5 Å². The first-order valence-corrected chi connectivity index (χ1v) is 5.51. The number of rotatable bonds is 5. The van der Waals surface area contributed by atoms with Gasteiger partial charge < -0.3 is 10.4 Å². The van der Waals surface area contributed by atoms with Gasteiger partial charge in [-0.3, -0.25) is 0 Å². The summed E-state index contributed by atoms with van der Waals surface area (Å²) in [5, 5.41) is 12.8. The van der Waals surface area contributed by atoms with Crippen LogP contribution in [-0.4, -0.2) is 24.8 Å². The molecule has 1 aromatic carbocycles. The molecule has 0 spiro atoms. The summed E-state index contributed by atoms with van der Waals surface area (Å²) in [7, 11) is 1.86. The fourth-order valence-corrected chi connectivity index (χ4v) is 1.64. The number of aliphatic hydroxyl groups excluding tert-OH is 1. The predicted molar refractivity (Wildman–Crippen MR) is 64.0 cm³/mol. The number of likely N-dealkylation sites (N-methyl/N-ethyl adjacent to an activating group) is 1. The molecule has 0 radical (unpaired) electrons. The van der Waals surface area contributed by atoms with E-state index in [1.807, 2.05) is 7.05 Å². The van der Waals surface area contributed by atoms with Crippen LogP contribution < -0.4 is 5.32 Å². The van der Waals surface area contributed by atoms with Gasteiger partial charge in [0.15, 0.2) is 0 Å². The zero-order valence-electron chi connectivity index (χ0n) is 9.83. The molecule has 2 N–H and O–H groups in total. The Hall–Kier alpha value is -0.860. The Balaban J connectivity index is 2.50. The van der Waals surface area contributed by atoms with Crippen LogP contribution in [0.4, 0.5) is 0 Å². The van der Waals surface area contributed by atoms with Crippen LogP contribution in [0.2, 0.25) is 0 Å². The Morgan fingerprint density at radius 3 is 2.40 bits per heavy atom. The molecule has 1 aromatic rings. The molecule has 0 bridgehead atoms. The Bertz CT molecular complexity index is 281. The quantitative estimate of drug-likeness (QED) is 0.771. The third-order valence-electron chi connectivity index (χ3n) is 2.75. The van der Waals surface area contributed by atoms with Crippen molar-refractivity contribution in [3.05, 3.63) is 35.4 Å². The van der Waals surface area contributed by atoms with Gasteiger partial charge in [0.2, 0.25) is 0 Å². The molecule has 15 heavy (non-hydrogen) atoms. The van der Waals surface area contributed by atoms with Crippen molar-refractivity contribution in [2.45, 2.75) is 26.4 Å². The van der Waals surface area contributed by atoms with Gasteiger partial charge in [0.25, 0.3) is 0 Å². The summed E-state index contributed by atoms with van der Waals surface area (Å²) in [5.74, 6) is 0.292. The second kappa shape index (κ2) is 5.89. The molecule has 2 heteroatoms. The highest BCUT2D eigenvalue weighted by Gasteiger charge is 2.13. The van der Waals surface area contributed by atoms with Gasteiger partial charge in [-0.15, -0.1) is 0 Å². The van der Waals surface area contributed by atoms with Crippen molar-refractivity contribution in [1.29, 1.82) is 0 Å². The van der Waals surface area contributed by atoms with Gasteiger partial charge in [-0.25, -0.2) is 0 Å². The van der Waals surface area contributed by atoms with E-state index in [9.17, 15) is 5.11 Å². The molecule has 0 aromatic heterocycles. The third kappa shape index (κ3) is 4.02. The van der Waals surface area contributed by atoms with Crippen LogP contribution in [0.5, 0.6) is 0 Å². The lowest BCUT2D eigenvalue weighted by molar-refractivity contribution is 0.117. The van der Waals surface area contributed by atoms with Gasteiger partial charge in [-0.1, -0.05) is 36.8 Å². The van der Waals surface area contributed by atoms with Crippen molar-refractivity contribution in [3.63, 3.8) is 0 Å². The molecule has 0 aliphatic heterocycles. The second-order valence-corrected chi connectivity index (χ2v) is 4.29. The summed E-state index contributed by atoms with van der Waals surface area (Å²) >= 11 is 0. The minimum absolute atomic E-state index is 0.267. The summed E-state index contributed by atoms with van der Waals surface area (Å²) in [5.41, 5.74) is 2.57. The number of benzene rings is 1. The van der Waals surface area contributed by atoms with E-state index in [2.05, 4.69) is 43.4 Å². The van der Waals surface area contributed by atoms with Crippen LogP contribution in [0, 0.1) is 12.8 Å². The average molecular weight is 207 g/mol. The molecule has 2 unspecified atom stereocenters. The molecular formula is C13H21NO. The zero-order chi connectivity index (χ0) is 11.3. The Morgan fingerprint density at radius 1 is 1.27 bits per heavy atom. The molecule has 2 atom stereocenters. The van der Waals surface area contributed by atoms with Crippen molar-refractivity contribution >= 4 is 0 Å². The first-order valence-electron chi connectivity index (χ1n) is 5.51. The van der Waals surface area contributed by atoms with Crippen molar-refractivity contribution in [2.75, 3.05) is 13.6 Å². The third-order valence-corrected chi connectivity index (χ3v) is 2.75. The molecule has 0 saturated carbocycles. The van der Waals surface area contributed by atoms with Crippen molar-refractivity contribution in [2.24, 2.45) is 5.92 Å². The van der Waals surface area contributed by atoms with Gasteiger partial charge in [0.05, 0.1) is 6.10 Å². The lowest BCUT2D eigenvalue weighted by Crippen LogP contribution is -2.30. The highest BCUT2D eigenvalue weighted by Crippen LogP contribution is 2.12. The molecule has 0 amide bonds. The molecule has 0 aliphatic carbocycles. The maximum absolute atomic E-state index is 9.77. The molecule has 2 nitrogen and oxygen atoms in total. The highest BCUT2D eigenvalue weighted by molar-refractivity contribution is 5.21.